The summed E-state index contributed by atoms with van der Waals surface area (Å²) in [5.74, 6) is 0.652. The number of hydrogen-bond acceptors (Lipinski definition) is 1. The molecule has 2 nitrogen and oxygen atoms in total. The van der Waals surface area contributed by atoms with Crippen LogP contribution in [0, 0.1) is 5.92 Å². The van der Waals surface area contributed by atoms with Crippen LogP contribution in [0.4, 0.5) is 0 Å². The molecule has 1 amide bonds. The normalized spacial score (nSPS) is 17.0. The number of rotatable bonds is 8. The molecule has 1 aliphatic rings. The van der Waals surface area contributed by atoms with Crippen molar-refractivity contribution in [1.29, 1.82) is 0 Å². The smallest absolute Gasteiger partial charge is 0.228 e. The topological polar surface area (TPSA) is 29.1 Å². The van der Waals surface area contributed by atoms with Gasteiger partial charge in [0.2, 0.25) is 5.91 Å². The first-order chi connectivity index (χ1) is 12.8. The second kappa shape index (κ2) is 9.56. The van der Waals surface area contributed by atoms with Gasteiger partial charge in [-0.1, -0.05) is 93.3 Å². The lowest BCUT2D eigenvalue weighted by atomic mass is 9.83. The van der Waals surface area contributed by atoms with Crippen LogP contribution in [0.15, 0.2) is 60.7 Å². The summed E-state index contributed by atoms with van der Waals surface area (Å²) >= 11 is 0. The Kier molecular flexibility index (Phi) is 6.88. The molecular weight excluding hydrogens is 318 g/mol. The maximum atomic E-state index is 13.4. The van der Waals surface area contributed by atoms with Crippen LogP contribution in [0.1, 0.15) is 75.0 Å². The number of nitrogens with one attached hydrogen (secondary N) is 1. The highest BCUT2D eigenvalue weighted by molar-refractivity contribution is 5.84. The maximum Gasteiger partial charge on any atom is 0.228 e. The Labute approximate surface area is 158 Å². The van der Waals surface area contributed by atoms with Gasteiger partial charge in [-0.25, -0.2) is 0 Å². The third-order valence-electron chi connectivity index (χ3n) is 5.68. The molecule has 0 radical (unpaired) electrons. The van der Waals surface area contributed by atoms with Crippen LogP contribution in [0.2, 0.25) is 0 Å². The van der Waals surface area contributed by atoms with Crippen molar-refractivity contribution in [3.05, 3.63) is 71.8 Å². The molecule has 0 heterocycles. The molecule has 1 N–H and O–H groups in total. The molecule has 2 aromatic rings. The number of carbonyl (C=O) groups excluding carboxylic acids is 1. The van der Waals surface area contributed by atoms with E-state index in [1.165, 1.54) is 24.0 Å². The lowest BCUT2D eigenvalue weighted by Gasteiger charge is -2.27. The Hall–Kier alpha value is -2.09. The van der Waals surface area contributed by atoms with E-state index in [2.05, 4.69) is 60.8 Å². The summed E-state index contributed by atoms with van der Waals surface area (Å²) in [6.45, 7) is 2.20. The van der Waals surface area contributed by atoms with Gasteiger partial charge in [-0.15, -0.1) is 0 Å². The van der Waals surface area contributed by atoms with Crippen molar-refractivity contribution in [3.63, 3.8) is 0 Å². The van der Waals surface area contributed by atoms with Crippen LogP contribution < -0.4 is 5.32 Å². The van der Waals surface area contributed by atoms with Crippen LogP contribution >= 0.6 is 0 Å². The highest BCUT2D eigenvalue weighted by atomic mass is 16.2. The number of hydrogen-bond donors (Lipinski definition) is 1. The number of benzene rings is 2. The fraction of sp³-hybridized carbons (Fsp3) is 0.458. The second-order valence-electron chi connectivity index (χ2n) is 7.55. The fourth-order valence-corrected chi connectivity index (χ4v) is 4.27. The summed E-state index contributed by atoms with van der Waals surface area (Å²) in [6, 6.07) is 20.9. The Bertz CT molecular complexity index is 661. The monoisotopic (exact) mass is 349 g/mol. The van der Waals surface area contributed by atoms with Crippen molar-refractivity contribution in [2.75, 3.05) is 0 Å². The van der Waals surface area contributed by atoms with E-state index < -0.39 is 0 Å². The summed E-state index contributed by atoms with van der Waals surface area (Å²) in [5, 5.41) is 3.40. The predicted molar refractivity (Wildman–Crippen MR) is 108 cm³/mol. The molecule has 1 fully saturated rings. The van der Waals surface area contributed by atoms with Crippen molar-refractivity contribution >= 4 is 5.91 Å². The summed E-state index contributed by atoms with van der Waals surface area (Å²) in [6.07, 6.45) is 8.09. The predicted octanol–water partition coefficient (Wildman–Crippen LogP) is 6.01. The molecule has 138 valence electrons. The molecule has 0 bridgehead atoms. The fourth-order valence-electron chi connectivity index (χ4n) is 4.27. The summed E-state index contributed by atoms with van der Waals surface area (Å²) in [4.78, 5) is 13.4. The van der Waals surface area contributed by atoms with Crippen molar-refractivity contribution < 1.29 is 4.79 Å². The van der Waals surface area contributed by atoms with E-state index in [4.69, 9.17) is 0 Å². The first kappa shape index (κ1) is 18.7. The zero-order valence-corrected chi connectivity index (χ0v) is 15.9. The van der Waals surface area contributed by atoms with E-state index in [-0.39, 0.29) is 17.9 Å². The zero-order chi connectivity index (χ0) is 18.2. The Morgan fingerprint density at radius 3 is 2.12 bits per heavy atom. The van der Waals surface area contributed by atoms with Gasteiger partial charge < -0.3 is 5.32 Å². The van der Waals surface area contributed by atoms with Gasteiger partial charge in [0, 0.05) is 0 Å². The van der Waals surface area contributed by atoms with Crippen LogP contribution in [0.25, 0.3) is 0 Å². The van der Waals surface area contributed by atoms with Crippen LogP contribution in [0.3, 0.4) is 0 Å². The Morgan fingerprint density at radius 1 is 0.962 bits per heavy atom. The van der Waals surface area contributed by atoms with E-state index in [0.29, 0.717) is 5.92 Å². The van der Waals surface area contributed by atoms with Gasteiger partial charge in [0.25, 0.3) is 0 Å². The lowest BCUT2D eigenvalue weighted by molar-refractivity contribution is -0.124. The van der Waals surface area contributed by atoms with E-state index in [1.807, 2.05) is 12.1 Å². The van der Waals surface area contributed by atoms with Crippen LogP contribution in [0.5, 0.6) is 0 Å². The Balaban J connectivity index is 1.80. The molecule has 1 aliphatic carbocycles. The third-order valence-corrected chi connectivity index (χ3v) is 5.68. The maximum absolute atomic E-state index is 13.4. The average molecular weight is 350 g/mol. The highest BCUT2D eigenvalue weighted by Gasteiger charge is 2.32. The van der Waals surface area contributed by atoms with Gasteiger partial charge in [-0.3, -0.25) is 4.79 Å². The molecule has 1 saturated carbocycles. The molecule has 2 heteroatoms. The molecular formula is C24H31NO. The minimum Gasteiger partial charge on any atom is -0.349 e. The van der Waals surface area contributed by atoms with Crippen LogP contribution in [-0.2, 0) is 4.79 Å². The third kappa shape index (κ3) is 4.75. The molecule has 26 heavy (non-hydrogen) atoms. The summed E-state index contributed by atoms with van der Waals surface area (Å²) in [7, 11) is 0. The van der Waals surface area contributed by atoms with Gasteiger partial charge in [-0.2, -0.15) is 0 Å². The van der Waals surface area contributed by atoms with Gasteiger partial charge >= 0.3 is 0 Å². The molecule has 2 atom stereocenters. The SMILES string of the molecule is CCCC[C@@H](NC(=O)[C@H](c1ccccc1)C1CCCC1)c1ccccc1. The molecule has 0 aromatic heterocycles. The number of carbonyl (C=O) groups is 1. The minimum atomic E-state index is -0.0217. The van der Waals surface area contributed by atoms with E-state index in [0.717, 1.165) is 32.1 Å². The van der Waals surface area contributed by atoms with Gasteiger partial charge in [-0.05, 0) is 36.3 Å². The molecule has 0 unspecified atom stereocenters. The van der Waals surface area contributed by atoms with Gasteiger partial charge in [0.15, 0.2) is 0 Å². The number of amides is 1. The molecule has 0 saturated heterocycles. The van der Waals surface area contributed by atoms with E-state index in [1.54, 1.807) is 0 Å². The van der Waals surface area contributed by atoms with Crippen molar-refractivity contribution in [2.45, 2.75) is 63.8 Å². The highest BCUT2D eigenvalue weighted by Crippen LogP contribution is 2.38. The van der Waals surface area contributed by atoms with E-state index in [9.17, 15) is 4.79 Å². The molecule has 0 aliphatic heterocycles. The lowest BCUT2D eigenvalue weighted by Crippen LogP contribution is -2.35. The van der Waals surface area contributed by atoms with Crippen molar-refractivity contribution in [1.82, 2.24) is 5.32 Å². The zero-order valence-electron chi connectivity index (χ0n) is 15.9. The summed E-state index contributed by atoms with van der Waals surface area (Å²) < 4.78 is 0. The van der Waals surface area contributed by atoms with Gasteiger partial charge in [0.05, 0.1) is 12.0 Å². The first-order valence-corrected chi connectivity index (χ1v) is 10.2. The molecule has 2 aromatic carbocycles. The summed E-state index contributed by atoms with van der Waals surface area (Å²) in [5.41, 5.74) is 2.38. The number of unbranched alkanes of at least 4 members (excludes halogenated alkanes) is 1. The Morgan fingerprint density at radius 2 is 1.54 bits per heavy atom. The van der Waals surface area contributed by atoms with Crippen molar-refractivity contribution in [3.8, 4) is 0 Å². The van der Waals surface area contributed by atoms with Crippen LogP contribution in [-0.4, -0.2) is 5.91 Å². The molecule has 0 spiro atoms. The van der Waals surface area contributed by atoms with Crippen molar-refractivity contribution in [2.24, 2.45) is 5.92 Å². The quantitative estimate of drug-likeness (QED) is 0.621. The largest absolute Gasteiger partial charge is 0.349 e. The standard InChI is InChI=1S/C24H31NO/c1-2-3-18-22(19-12-6-4-7-13-19)25-24(26)23(21-16-10-11-17-21)20-14-8-5-9-15-20/h4-9,12-15,21-23H,2-3,10-11,16-18H2,1H3,(H,25,26)/t22-,23-/m1/s1. The average Bonchev–Trinajstić information content (AvgIpc) is 3.21. The molecule has 3 rings (SSSR count). The van der Waals surface area contributed by atoms with Gasteiger partial charge in [0.1, 0.15) is 0 Å². The minimum absolute atomic E-state index is 0.0217. The first-order valence-electron chi connectivity index (χ1n) is 10.2. The second-order valence-corrected chi connectivity index (χ2v) is 7.55. The van der Waals surface area contributed by atoms with E-state index >= 15 is 0 Å².